The van der Waals surface area contributed by atoms with Gasteiger partial charge >= 0.3 is 5.97 Å². The van der Waals surface area contributed by atoms with E-state index in [0.717, 1.165) is 0 Å². The van der Waals surface area contributed by atoms with E-state index in [1.807, 2.05) is 0 Å². The first-order valence-electron chi connectivity index (χ1n) is 5.02. The number of aliphatic hydroxyl groups is 1. The molecule has 1 heterocycles. The number of nitrogens with zero attached hydrogens (tertiary/aromatic N) is 2. The second-order valence-corrected chi connectivity index (χ2v) is 3.84. The number of pyridine rings is 1. The van der Waals surface area contributed by atoms with Crippen molar-refractivity contribution in [1.29, 1.82) is 0 Å². The molecule has 5 nitrogen and oxygen atoms in total. The van der Waals surface area contributed by atoms with E-state index in [1.54, 1.807) is 31.9 Å². The Morgan fingerprint density at radius 1 is 1.56 bits per heavy atom. The van der Waals surface area contributed by atoms with E-state index in [1.165, 1.54) is 6.07 Å². The number of aromatic nitrogens is 1. The van der Waals surface area contributed by atoms with Crippen molar-refractivity contribution in [2.24, 2.45) is 0 Å². The summed E-state index contributed by atoms with van der Waals surface area (Å²) in [5.74, 6) is -0.321. The lowest BCUT2D eigenvalue weighted by Crippen LogP contribution is -2.27. The van der Waals surface area contributed by atoms with Crippen LogP contribution in [-0.4, -0.2) is 40.9 Å². The van der Waals surface area contributed by atoms with Crippen molar-refractivity contribution in [3.63, 3.8) is 0 Å². The molecular weight excluding hydrogens is 208 g/mol. The van der Waals surface area contributed by atoms with Crippen molar-refractivity contribution >= 4 is 11.8 Å². The molecule has 0 spiro atoms. The zero-order valence-electron chi connectivity index (χ0n) is 9.64. The number of hydrogen-bond acceptors (Lipinski definition) is 4. The molecule has 0 aliphatic carbocycles. The summed E-state index contributed by atoms with van der Waals surface area (Å²) in [4.78, 5) is 16.7. The zero-order chi connectivity index (χ0) is 12.3. The second-order valence-electron chi connectivity index (χ2n) is 3.84. The monoisotopic (exact) mass is 224 g/mol. The third-order valence-corrected chi connectivity index (χ3v) is 2.23. The van der Waals surface area contributed by atoms with Crippen LogP contribution in [0, 0.1) is 6.92 Å². The van der Waals surface area contributed by atoms with Gasteiger partial charge in [0, 0.05) is 13.6 Å². The van der Waals surface area contributed by atoms with Gasteiger partial charge in [0.25, 0.3) is 0 Å². The Bertz CT molecular complexity index is 391. The average Bonchev–Trinajstić information content (AvgIpc) is 2.15. The lowest BCUT2D eigenvalue weighted by Gasteiger charge is -2.20. The van der Waals surface area contributed by atoms with Crippen LogP contribution in [0.25, 0.3) is 0 Å². The minimum absolute atomic E-state index is 0.203. The molecule has 1 aromatic rings. The molecule has 5 heteroatoms. The largest absolute Gasteiger partial charge is 0.478 e. The number of rotatable bonds is 4. The maximum Gasteiger partial charge on any atom is 0.337 e. The molecule has 16 heavy (non-hydrogen) atoms. The quantitative estimate of drug-likeness (QED) is 0.795. The van der Waals surface area contributed by atoms with Gasteiger partial charge in [0.1, 0.15) is 5.82 Å². The standard InChI is InChI=1S/C11H16N2O3/c1-7(14)6-13(3)10-5-4-9(11(15)16)8(2)12-10/h4-5,7,14H,6H2,1-3H3,(H,15,16). The lowest BCUT2D eigenvalue weighted by molar-refractivity contribution is 0.0695. The molecule has 1 rings (SSSR count). The Labute approximate surface area is 94.4 Å². The van der Waals surface area contributed by atoms with E-state index >= 15 is 0 Å². The molecule has 0 radical (unpaired) electrons. The van der Waals surface area contributed by atoms with Crippen LogP contribution in [0.5, 0.6) is 0 Å². The van der Waals surface area contributed by atoms with Crippen molar-refractivity contribution in [2.45, 2.75) is 20.0 Å². The SMILES string of the molecule is Cc1nc(N(C)CC(C)O)ccc1C(=O)O. The zero-order valence-corrected chi connectivity index (χ0v) is 9.64. The topological polar surface area (TPSA) is 73.7 Å². The fourth-order valence-corrected chi connectivity index (χ4v) is 1.48. The maximum absolute atomic E-state index is 10.8. The summed E-state index contributed by atoms with van der Waals surface area (Å²) in [6.45, 7) is 3.80. The molecule has 0 aliphatic heterocycles. The molecule has 0 amide bonds. The van der Waals surface area contributed by atoms with Gasteiger partial charge in [-0.2, -0.15) is 0 Å². The van der Waals surface area contributed by atoms with Crippen LogP contribution in [0.4, 0.5) is 5.82 Å². The Balaban J connectivity index is 2.92. The highest BCUT2D eigenvalue weighted by Gasteiger charge is 2.11. The fourth-order valence-electron chi connectivity index (χ4n) is 1.48. The van der Waals surface area contributed by atoms with E-state index in [4.69, 9.17) is 5.11 Å². The van der Waals surface area contributed by atoms with Crippen LogP contribution in [-0.2, 0) is 0 Å². The van der Waals surface area contributed by atoms with Gasteiger partial charge in [0.15, 0.2) is 0 Å². The summed E-state index contributed by atoms with van der Waals surface area (Å²) in [5, 5.41) is 18.1. The predicted molar refractivity (Wildman–Crippen MR) is 60.9 cm³/mol. The van der Waals surface area contributed by atoms with Gasteiger partial charge in [0.05, 0.1) is 17.4 Å². The third-order valence-electron chi connectivity index (χ3n) is 2.23. The Morgan fingerprint density at radius 2 is 2.19 bits per heavy atom. The van der Waals surface area contributed by atoms with Gasteiger partial charge < -0.3 is 15.1 Å². The number of carboxylic acids is 1. The normalized spacial score (nSPS) is 12.2. The van der Waals surface area contributed by atoms with Crippen LogP contribution in [0.1, 0.15) is 23.0 Å². The number of likely N-dealkylation sites (N-methyl/N-ethyl adjacent to an activating group) is 1. The van der Waals surface area contributed by atoms with E-state index in [9.17, 15) is 9.90 Å². The van der Waals surface area contributed by atoms with Crippen molar-refractivity contribution in [3.05, 3.63) is 23.4 Å². The molecule has 1 unspecified atom stereocenters. The molecular formula is C11H16N2O3. The molecule has 0 saturated heterocycles. The molecule has 88 valence electrons. The first kappa shape index (κ1) is 12.4. The van der Waals surface area contributed by atoms with Gasteiger partial charge in [-0.1, -0.05) is 0 Å². The third kappa shape index (κ3) is 2.93. The molecule has 0 aromatic carbocycles. The Hall–Kier alpha value is -1.62. The smallest absolute Gasteiger partial charge is 0.337 e. The van der Waals surface area contributed by atoms with E-state index in [0.29, 0.717) is 18.1 Å². The van der Waals surface area contributed by atoms with E-state index < -0.39 is 12.1 Å². The summed E-state index contributed by atoms with van der Waals surface area (Å²) in [5.41, 5.74) is 0.677. The second kappa shape index (κ2) is 4.94. The summed E-state index contributed by atoms with van der Waals surface area (Å²) >= 11 is 0. The lowest BCUT2D eigenvalue weighted by atomic mass is 10.2. The fraction of sp³-hybridized carbons (Fsp3) is 0.455. The van der Waals surface area contributed by atoms with Crippen molar-refractivity contribution in [3.8, 4) is 0 Å². The maximum atomic E-state index is 10.8. The van der Waals surface area contributed by atoms with Crippen molar-refractivity contribution in [2.75, 3.05) is 18.5 Å². The first-order chi connectivity index (χ1) is 7.41. The molecule has 1 aromatic heterocycles. The number of carbonyl (C=O) groups is 1. The van der Waals surface area contributed by atoms with Crippen molar-refractivity contribution in [1.82, 2.24) is 4.98 Å². The number of anilines is 1. The van der Waals surface area contributed by atoms with Gasteiger partial charge in [-0.25, -0.2) is 9.78 Å². The van der Waals surface area contributed by atoms with E-state index in [-0.39, 0.29) is 5.56 Å². The number of aryl methyl sites for hydroxylation is 1. The van der Waals surface area contributed by atoms with Crippen LogP contribution < -0.4 is 4.90 Å². The molecule has 1 atom stereocenters. The molecule has 0 saturated carbocycles. The predicted octanol–water partition coefficient (Wildman–Crippen LogP) is 0.905. The van der Waals surface area contributed by atoms with E-state index in [2.05, 4.69) is 4.98 Å². The first-order valence-corrected chi connectivity index (χ1v) is 5.02. The Kier molecular flexibility index (Phi) is 3.84. The van der Waals surface area contributed by atoms with Gasteiger partial charge in [-0.15, -0.1) is 0 Å². The summed E-state index contributed by atoms with van der Waals surface area (Å²) in [6, 6.07) is 3.16. The highest BCUT2D eigenvalue weighted by Crippen LogP contribution is 2.13. The van der Waals surface area contributed by atoms with Gasteiger partial charge in [0.2, 0.25) is 0 Å². The Morgan fingerprint density at radius 3 is 2.62 bits per heavy atom. The molecule has 0 bridgehead atoms. The van der Waals surface area contributed by atoms with Crippen LogP contribution in [0.15, 0.2) is 12.1 Å². The average molecular weight is 224 g/mol. The summed E-state index contributed by atoms with van der Waals surface area (Å²) < 4.78 is 0. The number of carboxylic acid groups (broad SMARTS) is 1. The summed E-state index contributed by atoms with van der Waals surface area (Å²) in [7, 11) is 1.80. The molecule has 0 aliphatic rings. The number of aromatic carboxylic acids is 1. The molecule has 2 N–H and O–H groups in total. The van der Waals surface area contributed by atoms with Gasteiger partial charge in [-0.05, 0) is 26.0 Å². The minimum Gasteiger partial charge on any atom is -0.478 e. The van der Waals surface area contributed by atoms with Crippen molar-refractivity contribution < 1.29 is 15.0 Å². The number of aliphatic hydroxyl groups excluding tert-OH is 1. The highest BCUT2D eigenvalue weighted by atomic mass is 16.4. The molecule has 0 fully saturated rings. The van der Waals surface area contributed by atoms with Crippen LogP contribution >= 0.6 is 0 Å². The van der Waals surface area contributed by atoms with Crippen LogP contribution in [0.3, 0.4) is 0 Å². The summed E-state index contributed by atoms with van der Waals surface area (Å²) in [6.07, 6.45) is -0.453. The number of hydrogen-bond donors (Lipinski definition) is 2. The highest BCUT2D eigenvalue weighted by molar-refractivity contribution is 5.89. The minimum atomic E-state index is -0.977. The van der Waals surface area contributed by atoms with Crippen LogP contribution in [0.2, 0.25) is 0 Å². The van der Waals surface area contributed by atoms with Gasteiger partial charge in [-0.3, -0.25) is 0 Å².